The maximum atomic E-state index is 13.4. The minimum Gasteiger partial charge on any atom is -0.366 e. The maximum Gasteiger partial charge on any atom is 0.264 e. The number of para-hydroxylation sites is 1. The van der Waals surface area contributed by atoms with E-state index in [1.807, 2.05) is 42.5 Å². The van der Waals surface area contributed by atoms with Gasteiger partial charge in [-0.3, -0.25) is 9.10 Å². The molecule has 3 rings (SSSR count). The summed E-state index contributed by atoms with van der Waals surface area (Å²) in [6.07, 6.45) is 0. The summed E-state index contributed by atoms with van der Waals surface area (Å²) in [7, 11) is -3.89. The van der Waals surface area contributed by atoms with Crippen LogP contribution in [0.1, 0.15) is 29.8 Å². The van der Waals surface area contributed by atoms with Crippen LogP contribution >= 0.6 is 0 Å². The van der Waals surface area contributed by atoms with Crippen molar-refractivity contribution >= 4 is 33.0 Å². The minimum absolute atomic E-state index is 0.0297. The standard InChI is InChI=1S/C23H25N3O3S/c1-16(2)26(30(28,29)21-14-9-17(3)22(15-21)23(24)27)20-12-10-19(11-13-20)25-18-7-5-4-6-8-18/h4-16,25H,1-3H3,(H2,24,27). The van der Waals surface area contributed by atoms with Crippen molar-refractivity contribution in [1.29, 1.82) is 0 Å². The number of hydrogen-bond acceptors (Lipinski definition) is 4. The number of nitrogens with zero attached hydrogens (tertiary/aromatic N) is 1. The van der Waals surface area contributed by atoms with Crippen LogP contribution in [0.25, 0.3) is 0 Å². The van der Waals surface area contributed by atoms with Crippen molar-refractivity contribution in [3.05, 3.63) is 83.9 Å². The van der Waals surface area contributed by atoms with Gasteiger partial charge in [-0.05, 0) is 74.9 Å². The number of aryl methyl sites for hydroxylation is 1. The van der Waals surface area contributed by atoms with Crippen molar-refractivity contribution < 1.29 is 13.2 Å². The SMILES string of the molecule is Cc1ccc(S(=O)(=O)N(c2ccc(Nc3ccccc3)cc2)C(C)C)cc1C(N)=O. The maximum absolute atomic E-state index is 13.4. The third kappa shape index (κ3) is 4.46. The fourth-order valence-corrected chi connectivity index (χ4v) is 4.92. The van der Waals surface area contributed by atoms with Crippen molar-refractivity contribution in [1.82, 2.24) is 0 Å². The monoisotopic (exact) mass is 423 g/mol. The first-order valence-corrected chi connectivity index (χ1v) is 11.0. The average molecular weight is 424 g/mol. The molecule has 0 heterocycles. The highest BCUT2D eigenvalue weighted by atomic mass is 32.2. The van der Waals surface area contributed by atoms with E-state index in [2.05, 4.69) is 5.32 Å². The highest BCUT2D eigenvalue weighted by Gasteiger charge is 2.28. The van der Waals surface area contributed by atoms with E-state index in [1.165, 1.54) is 16.4 Å². The lowest BCUT2D eigenvalue weighted by molar-refractivity contribution is 0.0999. The first-order chi connectivity index (χ1) is 14.2. The number of carbonyl (C=O) groups excluding carboxylic acids is 1. The minimum atomic E-state index is -3.89. The number of rotatable bonds is 7. The summed E-state index contributed by atoms with van der Waals surface area (Å²) in [5.41, 5.74) is 8.55. The molecule has 0 radical (unpaired) electrons. The molecule has 0 spiro atoms. The van der Waals surface area contributed by atoms with Crippen LogP contribution in [0.4, 0.5) is 17.1 Å². The normalized spacial score (nSPS) is 11.3. The molecule has 0 aliphatic rings. The summed E-state index contributed by atoms with van der Waals surface area (Å²) >= 11 is 0. The van der Waals surface area contributed by atoms with Gasteiger partial charge in [0.2, 0.25) is 5.91 Å². The first kappa shape index (κ1) is 21.4. The molecule has 0 bridgehead atoms. The molecule has 6 nitrogen and oxygen atoms in total. The predicted octanol–water partition coefficient (Wildman–Crippen LogP) is 4.44. The van der Waals surface area contributed by atoms with E-state index in [4.69, 9.17) is 5.73 Å². The van der Waals surface area contributed by atoms with Crippen LogP contribution in [0.15, 0.2) is 77.7 Å². The Morgan fingerprint density at radius 2 is 1.53 bits per heavy atom. The third-order valence-corrected chi connectivity index (χ3v) is 6.68. The van der Waals surface area contributed by atoms with Crippen LogP contribution in [0.2, 0.25) is 0 Å². The number of hydrogen-bond donors (Lipinski definition) is 2. The van der Waals surface area contributed by atoms with E-state index in [0.717, 1.165) is 11.4 Å². The largest absolute Gasteiger partial charge is 0.366 e. The Hall–Kier alpha value is -3.32. The van der Waals surface area contributed by atoms with Gasteiger partial charge >= 0.3 is 0 Å². The Morgan fingerprint density at radius 3 is 2.10 bits per heavy atom. The summed E-state index contributed by atoms with van der Waals surface area (Å²) < 4.78 is 28.1. The van der Waals surface area contributed by atoms with Crippen LogP contribution < -0.4 is 15.4 Å². The molecule has 0 saturated carbocycles. The number of sulfonamides is 1. The third-order valence-electron chi connectivity index (χ3n) is 4.68. The van der Waals surface area contributed by atoms with Crippen LogP contribution in [-0.4, -0.2) is 20.4 Å². The molecule has 3 aromatic rings. The molecule has 3 aromatic carbocycles. The van der Waals surface area contributed by atoms with Crippen LogP contribution in [0, 0.1) is 6.92 Å². The molecule has 7 heteroatoms. The second kappa shape index (κ2) is 8.59. The molecular formula is C23H25N3O3S. The van der Waals surface area contributed by atoms with E-state index in [1.54, 1.807) is 39.0 Å². The van der Waals surface area contributed by atoms with Crippen LogP contribution in [0.5, 0.6) is 0 Å². The molecule has 0 aromatic heterocycles. The zero-order chi connectivity index (χ0) is 21.9. The van der Waals surface area contributed by atoms with Crippen molar-refractivity contribution in [3.63, 3.8) is 0 Å². The molecule has 0 aliphatic heterocycles. The van der Waals surface area contributed by atoms with Gasteiger partial charge in [-0.1, -0.05) is 24.3 Å². The van der Waals surface area contributed by atoms with Gasteiger partial charge in [0.05, 0.1) is 10.6 Å². The number of nitrogens with two attached hydrogens (primary N) is 1. The zero-order valence-corrected chi connectivity index (χ0v) is 18.0. The van der Waals surface area contributed by atoms with Crippen molar-refractivity contribution in [2.24, 2.45) is 5.73 Å². The number of carbonyl (C=O) groups is 1. The topological polar surface area (TPSA) is 92.5 Å². The summed E-state index contributed by atoms with van der Waals surface area (Å²) in [4.78, 5) is 11.7. The lowest BCUT2D eigenvalue weighted by Gasteiger charge is -2.28. The fourth-order valence-electron chi connectivity index (χ4n) is 3.23. The lowest BCUT2D eigenvalue weighted by atomic mass is 10.1. The Labute approximate surface area is 177 Å². The smallest absolute Gasteiger partial charge is 0.264 e. The molecule has 156 valence electrons. The summed E-state index contributed by atoms with van der Waals surface area (Å²) in [6, 6.07) is 21.0. The van der Waals surface area contributed by atoms with Gasteiger partial charge < -0.3 is 11.1 Å². The second-order valence-corrected chi connectivity index (χ2v) is 9.09. The van der Waals surface area contributed by atoms with Crippen molar-refractivity contribution in [3.8, 4) is 0 Å². The Kier molecular flexibility index (Phi) is 6.12. The fraction of sp³-hybridized carbons (Fsp3) is 0.174. The van der Waals surface area contributed by atoms with Gasteiger partial charge in [0, 0.05) is 23.0 Å². The second-order valence-electron chi connectivity index (χ2n) is 7.27. The lowest BCUT2D eigenvalue weighted by Crippen LogP contribution is -2.37. The van der Waals surface area contributed by atoms with Gasteiger partial charge in [0.1, 0.15) is 0 Å². The summed E-state index contributed by atoms with van der Waals surface area (Å²) in [5, 5.41) is 3.28. The first-order valence-electron chi connectivity index (χ1n) is 9.57. The van der Waals surface area contributed by atoms with E-state index >= 15 is 0 Å². The number of primary amides is 1. The van der Waals surface area contributed by atoms with Crippen molar-refractivity contribution in [2.75, 3.05) is 9.62 Å². The van der Waals surface area contributed by atoms with E-state index in [0.29, 0.717) is 11.3 Å². The molecule has 30 heavy (non-hydrogen) atoms. The Balaban J connectivity index is 1.95. The van der Waals surface area contributed by atoms with Crippen LogP contribution in [-0.2, 0) is 10.0 Å². The number of nitrogens with one attached hydrogen (secondary N) is 1. The summed E-state index contributed by atoms with van der Waals surface area (Å²) in [5.74, 6) is -0.656. The molecule has 0 atom stereocenters. The molecule has 0 unspecified atom stereocenters. The number of anilines is 3. The molecule has 0 fully saturated rings. The molecular weight excluding hydrogens is 398 g/mol. The van der Waals surface area contributed by atoms with Crippen LogP contribution in [0.3, 0.4) is 0 Å². The Bertz CT molecular complexity index is 1140. The summed E-state index contributed by atoms with van der Waals surface area (Å²) in [6.45, 7) is 5.32. The van der Waals surface area contributed by atoms with Gasteiger partial charge in [0.25, 0.3) is 10.0 Å². The van der Waals surface area contributed by atoms with E-state index in [9.17, 15) is 13.2 Å². The predicted molar refractivity (Wildman–Crippen MR) is 121 cm³/mol. The molecule has 0 aliphatic carbocycles. The quantitative estimate of drug-likeness (QED) is 0.587. The number of benzene rings is 3. The van der Waals surface area contributed by atoms with Gasteiger partial charge in [-0.25, -0.2) is 8.42 Å². The average Bonchev–Trinajstić information content (AvgIpc) is 2.69. The molecule has 0 saturated heterocycles. The van der Waals surface area contributed by atoms with E-state index in [-0.39, 0.29) is 16.5 Å². The number of amides is 1. The van der Waals surface area contributed by atoms with Gasteiger partial charge in [-0.2, -0.15) is 0 Å². The molecule has 1 amide bonds. The zero-order valence-electron chi connectivity index (χ0n) is 17.2. The van der Waals surface area contributed by atoms with E-state index < -0.39 is 15.9 Å². The highest BCUT2D eigenvalue weighted by Crippen LogP contribution is 2.29. The highest BCUT2D eigenvalue weighted by molar-refractivity contribution is 7.92. The van der Waals surface area contributed by atoms with Crippen molar-refractivity contribution in [2.45, 2.75) is 31.7 Å². The molecule has 3 N–H and O–H groups in total. The Morgan fingerprint density at radius 1 is 0.933 bits per heavy atom. The van der Waals surface area contributed by atoms with Gasteiger partial charge in [-0.15, -0.1) is 0 Å². The van der Waals surface area contributed by atoms with Gasteiger partial charge in [0.15, 0.2) is 0 Å².